The molecular formula is C29H30FN7O2. The fourth-order valence-corrected chi connectivity index (χ4v) is 5.66. The molecule has 200 valence electrons. The fourth-order valence-electron chi connectivity index (χ4n) is 5.66. The minimum Gasteiger partial charge on any atom is -0.481 e. The Morgan fingerprint density at radius 3 is 2.72 bits per heavy atom. The lowest BCUT2D eigenvalue weighted by Crippen LogP contribution is -2.35. The third-order valence-electron chi connectivity index (χ3n) is 7.68. The first kappa shape index (κ1) is 25.0. The topological polar surface area (TPSA) is 124 Å². The maximum atomic E-state index is 14.2. The molecule has 1 aliphatic rings. The van der Waals surface area contributed by atoms with Crippen molar-refractivity contribution in [1.82, 2.24) is 29.6 Å². The van der Waals surface area contributed by atoms with Gasteiger partial charge < -0.3 is 20.7 Å². The SMILES string of the molecule is Nc1ncnc2c1c(-c1ccc3c(ccn3Cc3ccccc3F)c1)nn2C1CCC(NCCC(=O)O)CC1. The van der Waals surface area contributed by atoms with Gasteiger partial charge in [0.05, 0.1) is 24.4 Å². The van der Waals surface area contributed by atoms with Gasteiger partial charge in [-0.15, -0.1) is 0 Å². The lowest BCUT2D eigenvalue weighted by molar-refractivity contribution is -0.136. The van der Waals surface area contributed by atoms with Crippen molar-refractivity contribution in [3.63, 3.8) is 0 Å². The number of carboxylic acid groups (broad SMARTS) is 1. The second-order valence-electron chi connectivity index (χ2n) is 10.2. The number of hydrogen-bond acceptors (Lipinski definition) is 6. The van der Waals surface area contributed by atoms with E-state index in [1.54, 1.807) is 12.1 Å². The summed E-state index contributed by atoms with van der Waals surface area (Å²) in [7, 11) is 0. The maximum Gasteiger partial charge on any atom is 0.304 e. The number of nitrogens with one attached hydrogen (secondary N) is 1. The van der Waals surface area contributed by atoms with Crippen molar-refractivity contribution in [3.05, 3.63) is 72.4 Å². The van der Waals surface area contributed by atoms with Gasteiger partial charge in [-0.2, -0.15) is 5.10 Å². The monoisotopic (exact) mass is 527 g/mol. The highest BCUT2D eigenvalue weighted by Crippen LogP contribution is 2.37. The zero-order valence-electron chi connectivity index (χ0n) is 21.4. The summed E-state index contributed by atoms with van der Waals surface area (Å²) in [4.78, 5) is 19.6. The van der Waals surface area contributed by atoms with Crippen molar-refractivity contribution in [2.24, 2.45) is 0 Å². The van der Waals surface area contributed by atoms with Gasteiger partial charge >= 0.3 is 5.97 Å². The number of carbonyl (C=O) groups is 1. The van der Waals surface area contributed by atoms with Crippen molar-refractivity contribution in [3.8, 4) is 11.3 Å². The normalized spacial score (nSPS) is 17.7. The third-order valence-corrected chi connectivity index (χ3v) is 7.68. The van der Waals surface area contributed by atoms with Crippen LogP contribution >= 0.6 is 0 Å². The van der Waals surface area contributed by atoms with E-state index in [0.29, 0.717) is 30.5 Å². The molecule has 0 radical (unpaired) electrons. The number of nitrogen functional groups attached to an aromatic ring is 1. The first-order valence-electron chi connectivity index (χ1n) is 13.2. The molecule has 10 heteroatoms. The van der Waals surface area contributed by atoms with Crippen LogP contribution in [0.4, 0.5) is 10.2 Å². The highest BCUT2D eigenvalue weighted by molar-refractivity contribution is 6.00. The summed E-state index contributed by atoms with van der Waals surface area (Å²) in [6.45, 7) is 0.926. The Morgan fingerprint density at radius 1 is 1.10 bits per heavy atom. The average Bonchev–Trinajstić information content (AvgIpc) is 3.52. The van der Waals surface area contributed by atoms with Crippen molar-refractivity contribution < 1.29 is 14.3 Å². The minimum atomic E-state index is -0.788. The Labute approximate surface area is 224 Å². The van der Waals surface area contributed by atoms with E-state index >= 15 is 0 Å². The number of fused-ring (bicyclic) bond motifs is 2. The van der Waals surface area contributed by atoms with Crippen molar-refractivity contribution in [2.45, 2.75) is 50.7 Å². The predicted octanol–water partition coefficient (Wildman–Crippen LogP) is 4.77. The van der Waals surface area contributed by atoms with Gasteiger partial charge in [0.2, 0.25) is 0 Å². The Morgan fingerprint density at radius 2 is 1.92 bits per heavy atom. The van der Waals surface area contributed by atoms with Gasteiger partial charge in [0.1, 0.15) is 23.7 Å². The van der Waals surface area contributed by atoms with Gasteiger partial charge in [-0.1, -0.05) is 24.3 Å². The van der Waals surface area contributed by atoms with Crippen molar-refractivity contribution in [1.29, 1.82) is 0 Å². The van der Waals surface area contributed by atoms with Crippen molar-refractivity contribution >= 4 is 33.7 Å². The molecule has 0 atom stereocenters. The second-order valence-corrected chi connectivity index (χ2v) is 10.2. The van der Waals surface area contributed by atoms with Crippen LogP contribution in [0.5, 0.6) is 0 Å². The minimum absolute atomic E-state index is 0.125. The fraction of sp³-hybridized carbons (Fsp3) is 0.310. The number of carboxylic acids is 1. The van der Waals surface area contributed by atoms with Crippen LogP contribution in [-0.4, -0.2) is 48.0 Å². The number of halogens is 1. The molecule has 1 aliphatic carbocycles. The summed E-state index contributed by atoms with van der Waals surface area (Å²) in [6, 6.07) is 15.4. The Balaban J connectivity index is 1.28. The number of benzene rings is 2. The van der Waals surface area contributed by atoms with E-state index in [1.807, 2.05) is 39.7 Å². The Kier molecular flexibility index (Phi) is 6.70. The van der Waals surface area contributed by atoms with E-state index in [4.69, 9.17) is 15.9 Å². The van der Waals surface area contributed by atoms with Gasteiger partial charge in [-0.25, -0.2) is 19.0 Å². The molecule has 39 heavy (non-hydrogen) atoms. The number of aromatic nitrogens is 5. The van der Waals surface area contributed by atoms with Gasteiger partial charge in [0.15, 0.2) is 5.65 Å². The molecule has 0 bridgehead atoms. The molecule has 5 aromatic rings. The maximum absolute atomic E-state index is 14.2. The largest absolute Gasteiger partial charge is 0.481 e. The molecular weight excluding hydrogens is 497 g/mol. The number of nitrogens with two attached hydrogens (primary N) is 1. The molecule has 3 aromatic heterocycles. The standard InChI is InChI=1S/C29H30FN7O2/c30-23-4-2-1-3-20(23)16-36-14-12-18-15-19(5-10-24(18)36)27-26-28(31)33-17-34-29(26)37(35-27)22-8-6-21(7-9-22)32-13-11-25(38)39/h1-5,10,12,14-15,17,21-22,32H,6-9,11,13,16H2,(H,38,39)(H2,31,33,34). The molecule has 0 unspecified atom stereocenters. The molecule has 2 aromatic carbocycles. The highest BCUT2D eigenvalue weighted by Gasteiger charge is 2.27. The molecule has 0 spiro atoms. The van der Waals surface area contributed by atoms with Crippen LogP contribution in [0.2, 0.25) is 0 Å². The summed E-state index contributed by atoms with van der Waals surface area (Å²) >= 11 is 0. The Hall–Kier alpha value is -4.31. The second kappa shape index (κ2) is 10.5. The number of nitrogens with zero attached hydrogens (tertiary/aromatic N) is 5. The molecule has 4 N–H and O–H groups in total. The average molecular weight is 528 g/mol. The summed E-state index contributed by atoms with van der Waals surface area (Å²) in [6.07, 6.45) is 7.25. The zero-order chi connectivity index (χ0) is 26.9. The molecule has 3 heterocycles. The quantitative estimate of drug-likeness (QED) is 0.266. The van der Waals surface area contributed by atoms with E-state index in [0.717, 1.165) is 58.9 Å². The summed E-state index contributed by atoms with van der Waals surface area (Å²) in [5.41, 5.74) is 10.4. The van der Waals surface area contributed by atoms with E-state index in [2.05, 4.69) is 21.4 Å². The van der Waals surface area contributed by atoms with Gasteiger partial charge in [-0.05, 0) is 49.9 Å². The third kappa shape index (κ3) is 4.95. The first-order chi connectivity index (χ1) is 19.0. The number of anilines is 1. The van der Waals surface area contributed by atoms with Crippen LogP contribution in [0, 0.1) is 5.82 Å². The number of hydrogen-bond donors (Lipinski definition) is 3. The van der Waals surface area contributed by atoms with E-state index < -0.39 is 5.97 Å². The summed E-state index contributed by atoms with van der Waals surface area (Å²) in [5.74, 6) is -0.611. The zero-order valence-corrected chi connectivity index (χ0v) is 21.4. The number of aliphatic carboxylic acids is 1. The van der Waals surface area contributed by atoms with E-state index in [-0.39, 0.29) is 18.3 Å². The van der Waals surface area contributed by atoms with Crippen LogP contribution in [0.3, 0.4) is 0 Å². The van der Waals surface area contributed by atoms with Crippen LogP contribution in [-0.2, 0) is 11.3 Å². The molecule has 0 amide bonds. The predicted molar refractivity (Wildman–Crippen MR) is 148 cm³/mol. The molecule has 1 saturated carbocycles. The molecule has 1 fully saturated rings. The summed E-state index contributed by atoms with van der Waals surface area (Å²) in [5, 5.41) is 19.0. The Bertz CT molecular complexity index is 1650. The highest BCUT2D eigenvalue weighted by atomic mass is 19.1. The van der Waals surface area contributed by atoms with E-state index in [9.17, 15) is 9.18 Å². The lowest BCUT2D eigenvalue weighted by atomic mass is 9.91. The van der Waals surface area contributed by atoms with Crippen LogP contribution in [0.15, 0.2) is 61.1 Å². The number of rotatable bonds is 8. The van der Waals surface area contributed by atoms with Crippen molar-refractivity contribution in [2.75, 3.05) is 12.3 Å². The van der Waals surface area contributed by atoms with Crippen LogP contribution in [0.1, 0.15) is 43.7 Å². The first-order valence-corrected chi connectivity index (χ1v) is 13.2. The molecule has 6 rings (SSSR count). The molecule has 0 saturated heterocycles. The van der Waals surface area contributed by atoms with Gasteiger partial charge in [0.25, 0.3) is 0 Å². The van der Waals surface area contributed by atoms with Gasteiger partial charge in [0, 0.05) is 40.8 Å². The van der Waals surface area contributed by atoms with Crippen LogP contribution in [0.25, 0.3) is 33.2 Å². The molecule has 9 nitrogen and oxygen atoms in total. The smallest absolute Gasteiger partial charge is 0.304 e. The summed E-state index contributed by atoms with van der Waals surface area (Å²) < 4.78 is 18.3. The van der Waals surface area contributed by atoms with Crippen LogP contribution < -0.4 is 11.1 Å². The van der Waals surface area contributed by atoms with Gasteiger partial charge in [-0.3, -0.25) is 4.79 Å². The van der Waals surface area contributed by atoms with E-state index in [1.165, 1.54) is 12.4 Å². The lowest BCUT2D eigenvalue weighted by Gasteiger charge is -2.29. The molecule has 0 aliphatic heterocycles.